The van der Waals surface area contributed by atoms with E-state index < -0.39 is 0 Å². The third-order valence-electron chi connectivity index (χ3n) is 3.72. The number of hydrogen-bond acceptors (Lipinski definition) is 5. The van der Waals surface area contributed by atoms with Gasteiger partial charge in [-0.15, -0.1) is 0 Å². The highest BCUT2D eigenvalue weighted by molar-refractivity contribution is 5.97. The Morgan fingerprint density at radius 1 is 0.962 bits per heavy atom. The molecule has 0 atom stereocenters. The van der Waals surface area contributed by atoms with Gasteiger partial charge in [0.2, 0.25) is 11.7 Å². The van der Waals surface area contributed by atoms with E-state index in [1.165, 1.54) is 21.3 Å². The molecule has 0 aliphatic heterocycles. The van der Waals surface area contributed by atoms with Crippen LogP contribution < -0.4 is 24.8 Å². The summed E-state index contributed by atoms with van der Waals surface area (Å²) in [6.07, 6.45) is 0.112. The quantitative estimate of drug-likeness (QED) is 0.793. The molecule has 0 aliphatic rings. The van der Waals surface area contributed by atoms with Crippen molar-refractivity contribution < 1.29 is 23.8 Å². The largest absolute Gasteiger partial charge is 0.493 e. The van der Waals surface area contributed by atoms with Crippen molar-refractivity contribution >= 4 is 17.5 Å². The van der Waals surface area contributed by atoms with Gasteiger partial charge in [-0.3, -0.25) is 9.59 Å². The van der Waals surface area contributed by atoms with E-state index in [9.17, 15) is 9.59 Å². The average Bonchev–Trinajstić information content (AvgIpc) is 2.66. The highest BCUT2D eigenvalue weighted by Crippen LogP contribution is 2.38. The first-order chi connectivity index (χ1) is 12.5. The first kappa shape index (κ1) is 19.1. The smallest absolute Gasteiger partial charge is 0.251 e. The number of methoxy groups -OCH3 is 3. The van der Waals surface area contributed by atoms with Gasteiger partial charge in [-0.05, 0) is 35.9 Å². The van der Waals surface area contributed by atoms with E-state index in [4.69, 9.17) is 14.2 Å². The summed E-state index contributed by atoms with van der Waals surface area (Å²) in [4.78, 5) is 24.0. The van der Waals surface area contributed by atoms with E-state index in [1.807, 2.05) is 0 Å². The van der Waals surface area contributed by atoms with Crippen LogP contribution in [0, 0.1) is 0 Å². The van der Waals surface area contributed by atoms with Crippen molar-refractivity contribution in [3.05, 3.63) is 47.5 Å². The fourth-order valence-corrected chi connectivity index (χ4v) is 2.51. The number of amides is 2. The standard InChI is InChI=1S/C19H22N2O5/c1-20-19(23)13-6-5-7-14(11-13)21-17(22)10-12-8-15(24-2)18(26-4)16(9-12)25-3/h5-9,11H,10H2,1-4H3,(H,20,23)(H,21,22). The zero-order valence-electron chi connectivity index (χ0n) is 15.2. The Morgan fingerprint density at radius 3 is 2.15 bits per heavy atom. The van der Waals surface area contributed by atoms with Gasteiger partial charge in [0.25, 0.3) is 5.91 Å². The van der Waals surface area contributed by atoms with Crippen LogP contribution in [0.5, 0.6) is 17.2 Å². The minimum Gasteiger partial charge on any atom is -0.493 e. The molecule has 2 aromatic rings. The lowest BCUT2D eigenvalue weighted by Gasteiger charge is -2.14. The number of carbonyl (C=O) groups is 2. The third-order valence-corrected chi connectivity index (χ3v) is 3.72. The molecule has 0 bridgehead atoms. The van der Waals surface area contributed by atoms with Crippen LogP contribution in [0.25, 0.3) is 0 Å². The molecule has 2 rings (SSSR count). The number of rotatable bonds is 7. The normalized spacial score (nSPS) is 10.0. The number of nitrogens with one attached hydrogen (secondary N) is 2. The molecular formula is C19H22N2O5. The average molecular weight is 358 g/mol. The van der Waals surface area contributed by atoms with Gasteiger partial charge < -0.3 is 24.8 Å². The first-order valence-electron chi connectivity index (χ1n) is 7.93. The molecule has 138 valence electrons. The van der Waals surface area contributed by atoms with Gasteiger partial charge in [0.15, 0.2) is 11.5 Å². The molecule has 26 heavy (non-hydrogen) atoms. The van der Waals surface area contributed by atoms with Gasteiger partial charge >= 0.3 is 0 Å². The summed E-state index contributed by atoms with van der Waals surface area (Å²) in [6.45, 7) is 0. The second kappa shape index (κ2) is 8.75. The van der Waals surface area contributed by atoms with E-state index in [0.717, 1.165) is 0 Å². The molecule has 0 aromatic heterocycles. The molecular weight excluding hydrogens is 336 g/mol. The van der Waals surface area contributed by atoms with Crippen LogP contribution in [0.4, 0.5) is 5.69 Å². The fourth-order valence-electron chi connectivity index (χ4n) is 2.51. The lowest BCUT2D eigenvalue weighted by molar-refractivity contribution is -0.115. The number of anilines is 1. The van der Waals surface area contributed by atoms with Gasteiger partial charge in [-0.1, -0.05) is 6.07 Å². The minimum atomic E-state index is -0.228. The molecule has 2 aromatic carbocycles. The molecule has 0 heterocycles. The van der Waals surface area contributed by atoms with Crippen molar-refractivity contribution in [3.8, 4) is 17.2 Å². The maximum absolute atomic E-state index is 12.4. The third kappa shape index (κ3) is 4.44. The lowest BCUT2D eigenvalue weighted by Crippen LogP contribution is -2.19. The van der Waals surface area contributed by atoms with E-state index in [-0.39, 0.29) is 18.2 Å². The van der Waals surface area contributed by atoms with Crippen LogP contribution in [0.3, 0.4) is 0 Å². The Labute approximate surface area is 152 Å². The summed E-state index contributed by atoms with van der Waals surface area (Å²) in [5, 5.41) is 5.33. The topological polar surface area (TPSA) is 85.9 Å². The lowest BCUT2D eigenvalue weighted by atomic mass is 10.1. The predicted molar refractivity (Wildman–Crippen MR) is 98.3 cm³/mol. The van der Waals surface area contributed by atoms with Crippen LogP contribution >= 0.6 is 0 Å². The molecule has 0 saturated heterocycles. The summed E-state index contributed by atoms with van der Waals surface area (Å²) < 4.78 is 15.9. The van der Waals surface area contributed by atoms with Crippen LogP contribution in [0.2, 0.25) is 0 Å². The van der Waals surface area contributed by atoms with Crippen molar-refractivity contribution in [3.63, 3.8) is 0 Å². The Bertz CT molecular complexity index is 779. The fraction of sp³-hybridized carbons (Fsp3) is 0.263. The van der Waals surface area contributed by atoms with Gasteiger partial charge in [-0.2, -0.15) is 0 Å². The number of ether oxygens (including phenoxy) is 3. The molecule has 0 fully saturated rings. The molecule has 0 unspecified atom stereocenters. The number of hydrogen-bond donors (Lipinski definition) is 2. The maximum atomic E-state index is 12.4. The van der Waals surface area contributed by atoms with Crippen molar-refractivity contribution in [1.29, 1.82) is 0 Å². The summed E-state index contributed by atoms with van der Waals surface area (Å²) in [7, 11) is 6.11. The zero-order valence-corrected chi connectivity index (χ0v) is 15.2. The highest BCUT2D eigenvalue weighted by atomic mass is 16.5. The first-order valence-corrected chi connectivity index (χ1v) is 7.93. The Balaban J connectivity index is 2.16. The number of benzene rings is 2. The molecule has 7 nitrogen and oxygen atoms in total. The maximum Gasteiger partial charge on any atom is 0.251 e. The van der Waals surface area contributed by atoms with E-state index in [2.05, 4.69) is 10.6 Å². The van der Waals surface area contributed by atoms with E-state index in [0.29, 0.717) is 34.1 Å². The molecule has 0 spiro atoms. The van der Waals surface area contributed by atoms with Crippen LogP contribution in [-0.2, 0) is 11.2 Å². The number of carbonyl (C=O) groups excluding carboxylic acids is 2. The Kier molecular flexibility index (Phi) is 6.43. The van der Waals surface area contributed by atoms with Gasteiger partial charge in [-0.25, -0.2) is 0 Å². The Hall–Kier alpha value is -3.22. The van der Waals surface area contributed by atoms with Crippen LogP contribution in [0.1, 0.15) is 15.9 Å². The van der Waals surface area contributed by atoms with Crippen LogP contribution in [0.15, 0.2) is 36.4 Å². The van der Waals surface area contributed by atoms with Crippen molar-refractivity contribution in [2.45, 2.75) is 6.42 Å². The molecule has 0 aliphatic carbocycles. The molecule has 2 amide bonds. The van der Waals surface area contributed by atoms with Gasteiger partial charge in [0, 0.05) is 18.3 Å². The molecule has 0 radical (unpaired) electrons. The molecule has 0 saturated carbocycles. The molecule has 7 heteroatoms. The summed E-state index contributed by atoms with van der Waals surface area (Å²) in [5.41, 5.74) is 1.72. The Morgan fingerprint density at radius 2 is 1.62 bits per heavy atom. The molecule has 2 N–H and O–H groups in total. The highest BCUT2D eigenvalue weighted by Gasteiger charge is 2.15. The van der Waals surface area contributed by atoms with Crippen molar-refractivity contribution in [2.75, 3.05) is 33.7 Å². The summed E-state index contributed by atoms with van der Waals surface area (Å²) in [5.74, 6) is 0.990. The van der Waals surface area contributed by atoms with Crippen molar-refractivity contribution in [1.82, 2.24) is 5.32 Å². The predicted octanol–water partition coefficient (Wildman–Crippen LogP) is 2.25. The summed E-state index contributed by atoms with van der Waals surface area (Å²) >= 11 is 0. The van der Waals surface area contributed by atoms with Crippen molar-refractivity contribution in [2.24, 2.45) is 0 Å². The monoisotopic (exact) mass is 358 g/mol. The summed E-state index contributed by atoms with van der Waals surface area (Å²) in [6, 6.07) is 10.2. The second-order valence-corrected chi connectivity index (χ2v) is 5.42. The van der Waals surface area contributed by atoms with E-state index >= 15 is 0 Å². The second-order valence-electron chi connectivity index (χ2n) is 5.42. The van der Waals surface area contributed by atoms with Gasteiger partial charge in [0.05, 0.1) is 27.8 Å². The SMILES string of the molecule is CNC(=O)c1cccc(NC(=O)Cc2cc(OC)c(OC)c(OC)c2)c1. The van der Waals surface area contributed by atoms with Gasteiger partial charge in [0.1, 0.15) is 0 Å². The van der Waals surface area contributed by atoms with Crippen LogP contribution in [-0.4, -0.2) is 40.2 Å². The zero-order chi connectivity index (χ0) is 19.1. The minimum absolute atomic E-state index is 0.112. The van der Waals surface area contributed by atoms with E-state index in [1.54, 1.807) is 43.4 Å².